The minimum absolute atomic E-state index is 0.576. The molecule has 0 aliphatic carbocycles. The quantitative estimate of drug-likeness (QED) is 0.709. The fourth-order valence-electron chi connectivity index (χ4n) is 2.34. The van der Waals surface area contributed by atoms with E-state index >= 15 is 0 Å². The molecule has 1 aromatic carbocycles. The number of anilines is 1. The lowest BCUT2D eigenvalue weighted by atomic mass is 10.1. The lowest BCUT2D eigenvalue weighted by molar-refractivity contribution is 0.332. The lowest BCUT2D eigenvalue weighted by Crippen LogP contribution is -2.13. The van der Waals surface area contributed by atoms with Gasteiger partial charge in [-0.3, -0.25) is 0 Å². The van der Waals surface area contributed by atoms with E-state index in [1.54, 1.807) is 10.8 Å². The number of nitrogens with one attached hydrogen (secondary N) is 1. The highest BCUT2D eigenvalue weighted by atomic mass is 16.5. The SMILES string of the molecule is CCc1cc(NCCOc2ccc(C)c(C)c2)c2nncn2n1. The highest BCUT2D eigenvalue weighted by molar-refractivity contribution is 5.66. The van der Waals surface area contributed by atoms with Crippen molar-refractivity contribution in [3.8, 4) is 5.75 Å². The Morgan fingerprint density at radius 1 is 1.17 bits per heavy atom. The fourth-order valence-corrected chi connectivity index (χ4v) is 2.34. The molecule has 0 fully saturated rings. The number of rotatable bonds is 6. The molecule has 2 aromatic heterocycles. The molecule has 1 N–H and O–H groups in total. The van der Waals surface area contributed by atoms with Crippen LogP contribution in [0.5, 0.6) is 5.75 Å². The van der Waals surface area contributed by atoms with E-state index in [-0.39, 0.29) is 0 Å². The third kappa shape index (κ3) is 3.41. The van der Waals surface area contributed by atoms with Crippen molar-refractivity contribution >= 4 is 11.3 Å². The number of hydrogen-bond acceptors (Lipinski definition) is 5. The van der Waals surface area contributed by atoms with Crippen LogP contribution in [0.4, 0.5) is 5.69 Å². The zero-order chi connectivity index (χ0) is 16.2. The molecule has 0 radical (unpaired) electrons. The number of aryl methyl sites for hydroxylation is 3. The molecule has 0 unspecified atom stereocenters. The number of aromatic nitrogens is 4. The van der Waals surface area contributed by atoms with Crippen LogP contribution in [0.3, 0.4) is 0 Å². The van der Waals surface area contributed by atoms with Crippen LogP contribution in [0.15, 0.2) is 30.6 Å². The summed E-state index contributed by atoms with van der Waals surface area (Å²) in [5.41, 5.74) is 5.16. The van der Waals surface area contributed by atoms with Gasteiger partial charge < -0.3 is 10.1 Å². The van der Waals surface area contributed by atoms with Crippen LogP contribution in [0.25, 0.3) is 5.65 Å². The zero-order valence-corrected chi connectivity index (χ0v) is 13.7. The van der Waals surface area contributed by atoms with Crippen LogP contribution in [0.1, 0.15) is 23.7 Å². The molecule has 0 saturated carbocycles. The van der Waals surface area contributed by atoms with Crippen LogP contribution in [-0.2, 0) is 6.42 Å². The summed E-state index contributed by atoms with van der Waals surface area (Å²) < 4.78 is 7.49. The lowest BCUT2D eigenvalue weighted by Gasteiger charge is -2.11. The van der Waals surface area contributed by atoms with E-state index in [0.29, 0.717) is 13.2 Å². The number of nitrogens with zero attached hydrogens (tertiary/aromatic N) is 4. The largest absolute Gasteiger partial charge is 0.492 e. The van der Waals surface area contributed by atoms with Crippen molar-refractivity contribution in [2.24, 2.45) is 0 Å². The van der Waals surface area contributed by atoms with Crippen molar-refractivity contribution < 1.29 is 4.74 Å². The zero-order valence-electron chi connectivity index (χ0n) is 13.7. The van der Waals surface area contributed by atoms with Gasteiger partial charge in [0.2, 0.25) is 5.65 Å². The van der Waals surface area contributed by atoms with Gasteiger partial charge >= 0.3 is 0 Å². The minimum atomic E-state index is 0.576. The van der Waals surface area contributed by atoms with E-state index < -0.39 is 0 Å². The normalized spacial score (nSPS) is 10.9. The van der Waals surface area contributed by atoms with Crippen molar-refractivity contribution in [1.29, 1.82) is 0 Å². The summed E-state index contributed by atoms with van der Waals surface area (Å²) in [4.78, 5) is 0. The van der Waals surface area contributed by atoms with Crippen LogP contribution < -0.4 is 10.1 Å². The predicted molar refractivity (Wildman–Crippen MR) is 90.1 cm³/mol. The first-order valence-electron chi connectivity index (χ1n) is 7.81. The molecule has 3 aromatic rings. The molecule has 120 valence electrons. The van der Waals surface area contributed by atoms with Gasteiger partial charge in [0, 0.05) is 6.54 Å². The van der Waals surface area contributed by atoms with E-state index in [4.69, 9.17) is 4.74 Å². The van der Waals surface area contributed by atoms with Gasteiger partial charge in [0.05, 0.1) is 11.4 Å². The number of hydrogen-bond donors (Lipinski definition) is 1. The Morgan fingerprint density at radius 2 is 2.04 bits per heavy atom. The Morgan fingerprint density at radius 3 is 2.83 bits per heavy atom. The molecular formula is C17H21N5O. The molecule has 0 amide bonds. The Bertz CT molecular complexity index is 812. The third-order valence-corrected chi connectivity index (χ3v) is 3.85. The van der Waals surface area contributed by atoms with Gasteiger partial charge in [-0.15, -0.1) is 10.2 Å². The maximum atomic E-state index is 5.79. The first-order valence-corrected chi connectivity index (χ1v) is 7.81. The van der Waals surface area contributed by atoms with Crippen molar-refractivity contribution in [3.63, 3.8) is 0 Å². The smallest absolute Gasteiger partial charge is 0.200 e. The van der Waals surface area contributed by atoms with E-state index in [1.807, 2.05) is 12.1 Å². The average Bonchev–Trinajstić information content (AvgIpc) is 3.03. The molecule has 6 nitrogen and oxygen atoms in total. The average molecular weight is 311 g/mol. The Kier molecular flexibility index (Phi) is 4.41. The van der Waals surface area contributed by atoms with E-state index in [0.717, 1.165) is 29.2 Å². The van der Waals surface area contributed by atoms with Gasteiger partial charge in [-0.25, -0.2) is 0 Å². The topological polar surface area (TPSA) is 64.3 Å². The number of benzene rings is 1. The summed E-state index contributed by atoms with van der Waals surface area (Å²) in [6, 6.07) is 8.16. The summed E-state index contributed by atoms with van der Waals surface area (Å²) in [5, 5.41) is 15.8. The molecule has 6 heteroatoms. The summed E-state index contributed by atoms with van der Waals surface area (Å²) in [7, 11) is 0. The van der Waals surface area contributed by atoms with E-state index in [1.165, 1.54) is 11.1 Å². The summed E-state index contributed by atoms with van der Waals surface area (Å²) in [5.74, 6) is 0.895. The standard InChI is InChI=1S/C17H21N5O/c1-4-14-10-16(17-20-19-11-22(17)21-14)18-7-8-23-15-6-5-12(2)13(3)9-15/h5-6,9-11,18H,4,7-8H2,1-3H3. The van der Waals surface area contributed by atoms with Gasteiger partial charge in [-0.05, 0) is 49.6 Å². The molecule has 23 heavy (non-hydrogen) atoms. The number of fused-ring (bicyclic) bond motifs is 1. The van der Waals surface area contributed by atoms with Crippen LogP contribution in [0, 0.1) is 13.8 Å². The second kappa shape index (κ2) is 6.64. The van der Waals surface area contributed by atoms with Crippen molar-refractivity contribution in [1.82, 2.24) is 19.8 Å². The maximum Gasteiger partial charge on any atom is 0.200 e. The maximum absolute atomic E-state index is 5.79. The molecule has 0 atom stereocenters. The Labute approximate surface area is 135 Å². The highest BCUT2D eigenvalue weighted by Crippen LogP contribution is 2.17. The molecule has 0 aliphatic rings. The Balaban J connectivity index is 1.62. The molecule has 0 spiro atoms. The fraction of sp³-hybridized carbons (Fsp3) is 0.353. The van der Waals surface area contributed by atoms with E-state index in [9.17, 15) is 0 Å². The molecule has 3 rings (SSSR count). The summed E-state index contributed by atoms with van der Waals surface area (Å²) >= 11 is 0. The van der Waals surface area contributed by atoms with Gasteiger partial charge in [-0.2, -0.15) is 9.61 Å². The first-order chi connectivity index (χ1) is 11.2. The second-order valence-corrected chi connectivity index (χ2v) is 5.52. The second-order valence-electron chi connectivity index (χ2n) is 5.52. The van der Waals surface area contributed by atoms with Gasteiger partial charge in [-0.1, -0.05) is 13.0 Å². The van der Waals surface area contributed by atoms with Crippen LogP contribution in [0.2, 0.25) is 0 Å². The monoisotopic (exact) mass is 311 g/mol. The highest BCUT2D eigenvalue weighted by Gasteiger charge is 2.07. The molecule has 0 bridgehead atoms. The van der Waals surface area contributed by atoms with Gasteiger partial charge in [0.25, 0.3) is 0 Å². The molecule has 0 aliphatic heterocycles. The van der Waals surface area contributed by atoms with E-state index in [2.05, 4.69) is 53.5 Å². The van der Waals surface area contributed by atoms with Gasteiger partial charge in [0.15, 0.2) is 0 Å². The Hall–Kier alpha value is -2.63. The minimum Gasteiger partial charge on any atom is -0.492 e. The number of ether oxygens (including phenoxy) is 1. The van der Waals surface area contributed by atoms with Gasteiger partial charge in [0.1, 0.15) is 18.7 Å². The van der Waals surface area contributed by atoms with Crippen molar-refractivity contribution in [3.05, 3.63) is 47.4 Å². The summed E-state index contributed by atoms with van der Waals surface area (Å²) in [6.45, 7) is 7.52. The molecule has 0 saturated heterocycles. The third-order valence-electron chi connectivity index (χ3n) is 3.85. The first kappa shape index (κ1) is 15.3. The molecule has 2 heterocycles. The molecular weight excluding hydrogens is 290 g/mol. The van der Waals surface area contributed by atoms with Crippen molar-refractivity contribution in [2.75, 3.05) is 18.5 Å². The summed E-state index contributed by atoms with van der Waals surface area (Å²) in [6.07, 6.45) is 2.48. The predicted octanol–water partition coefficient (Wildman–Crippen LogP) is 2.79. The van der Waals surface area contributed by atoms with Crippen molar-refractivity contribution in [2.45, 2.75) is 27.2 Å². The van der Waals surface area contributed by atoms with Crippen LogP contribution in [-0.4, -0.2) is 33.0 Å². The van der Waals surface area contributed by atoms with Crippen LogP contribution >= 0.6 is 0 Å².